The first-order valence-electron chi connectivity index (χ1n) is 7.27. The van der Waals surface area contributed by atoms with Gasteiger partial charge in [0.2, 0.25) is 5.91 Å². The summed E-state index contributed by atoms with van der Waals surface area (Å²) in [6.45, 7) is 6.78. The van der Waals surface area contributed by atoms with Gasteiger partial charge in [0.25, 0.3) is 0 Å². The number of nitrogens with one attached hydrogen (secondary N) is 2. The fourth-order valence-electron chi connectivity index (χ4n) is 2.23. The molecule has 6 heteroatoms. The van der Waals surface area contributed by atoms with Crippen molar-refractivity contribution in [1.82, 2.24) is 15.6 Å². The van der Waals surface area contributed by atoms with Crippen LogP contribution in [0.4, 0.5) is 0 Å². The summed E-state index contributed by atoms with van der Waals surface area (Å²) in [6, 6.07) is 0.137. The van der Waals surface area contributed by atoms with Crippen LogP contribution >= 0.6 is 11.3 Å². The van der Waals surface area contributed by atoms with Crippen molar-refractivity contribution in [1.29, 1.82) is 0 Å². The van der Waals surface area contributed by atoms with E-state index < -0.39 is 0 Å². The average Bonchev–Trinajstić information content (AvgIpc) is 3.11. The third-order valence-corrected chi connectivity index (χ3v) is 4.58. The average molecular weight is 297 g/mol. The minimum Gasteiger partial charge on any atom is -0.379 e. The molecule has 5 nitrogen and oxygen atoms in total. The van der Waals surface area contributed by atoms with Crippen molar-refractivity contribution in [3.05, 3.63) is 16.1 Å². The summed E-state index contributed by atoms with van der Waals surface area (Å²) in [7, 11) is 0. The topological polar surface area (TPSA) is 63.2 Å². The molecule has 0 aromatic carbocycles. The second-order valence-electron chi connectivity index (χ2n) is 5.00. The first kappa shape index (κ1) is 15.4. The Kier molecular flexibility index (Phi) is 5.94. The van der Waals surface area contributed by atoms with E-state index in [0.717, 1.165) is 24.4 Å². The maximum absolute atomic E-state index is 12.2. The van der Waals surface area contributed by atoms with Gasteiger partial charge in [-0.05, 0) is 19.4 Å². The monoisotopic (exact) mass is 297 g/mol. The molecular formula is C14H23N3O2S. The van der Waals surface area contributed by atoms with Crippen LogP contribution in [-0.2, 0) is 22.5 Å². The molecule has 2 atom stereocenters. The Balaban J connectivity index is 1.81. The number of carbonyl (C=O) groups excluding carboxylic acids is 1. The molecule has 1 aromatic rings. The van der Waals surface area contributed by atoms with Crippen molar-refractivity contribution in [2.75, 3.05) is 19.8 Å². The van der Waals surface area contributed by atoms with Crippen LogP contribution in [-0.4, -0.2) is 36.7 Å². The van der Waals surface area contributed by atoms with E-state index in [1.165, 1.54) is 4.88 Å². The molecule has 1 aliphatic rings. The number of amides is 1. The van der Waals surface area contributed by atoms with Gasteiger partial charge in [-0.1, -0.05) is 13.8 Å². The second-order valence-corrected chi connectivity index (χ2v) is 6.20. The first-order chi connectivity index (χ1) is 9.74. The van der Waals surface area contributed by atoms with Crippen LogP contribution in [0.15, 0.2) is 6.20 Å². The summed E-state index contributed by atoms with van der Waals surface area (Å²) in [6.07, 6.45) is 3.94. The lowest BCUT2D eigenvalue weighted by Crippen LogP contribution is -2.44. The van der Waals surface area contributed by atoms with E-state index in [2.05, 4.69) is 29.5 Å². The summed E-state index contributed by atoms with van der Waals surface area (Å²) < 4.78 is 5.43. The summed E-state index contributed by atoms with van der Waals surface area (Å²) in [5.41, 5.74) is 0. The Bertz CT molecular complexity index is 436. The van der Waals surface area contributed by atoms with Crippen LogP contribution < -0.4 is 10.6 Å². The van der Waals surface area contributed by atoms with Crippen molar-refractivity contribution in [2.45, 2.75) is 39.3 Å². The summed E-state index contributed by atoms with van der Waals surface area (Å²) in [4.78, 5) is 17.8. The van der Waals surface area contributed by atoms with Crippen LogP contribution in [0, 0.1) is 5.92 Å². The number of rotatable bonds is 7. The predicted octanol–water partition coefficient (Wildman–Crippen LogP) is 1.34. The number of hydrogen-bond donors (Lipinski definition) is 2. The fourth-order valence-corrected chi connectivity index (χ4v) is 3.03. The molecule has 2 rings (SSSR count). The Morgan fingerprint density at radius 1 is 1.50 bits per heavy atom. The zero-order valence-electron chi connectivity index (χ0n) is 12.1. The standard InChI is InChI=1S/C14H23N3O2S/c1-3-5-15-12-9-19-8-11(12)14(18)17-7-13-16-6-10(4-2)20-13/h6,11-12,15H,3-5,7-9H2,1-2H3,(H,17,18). The third-order valence-electron chi connectivity index (χ3n) is 3.44. The van der Waals surface area contributed by atoms with E-state index in [4.69, 9.17) is 4.74 Å². The molecule has 0 saturated carbocycles. The van der Waals surface area contributed by atoms with Gasteiger partial charge in [-0.15, -0.1) is 11.3 Å². The number of carbonyl (C=O) groups is 1. The molecule has 0 bridgehead atoms. The summed E-state index contributed by atoms with van der Waals surface area (Å²) in [5.74, 6) is -0.0310. The van der Waals surface area contributed by atoms with Crippen LogP contribution in [0.3, 0.4) is 0 Å². The highest BCUT2D eigenvalue weighted by molar-refractivity contribution is 7.11. The minimum absolute atomic E-state index is 0.0596. The van der Waals surface area contributed by atoms with Gasteiger partial charge in [0.1, 0.15) is 5.01 Å². The molecular weight excluding hydrogens is 274 g/mol. The van der Waals surface area contributed by atoms with Gasteiger partial charge < -0.3 is 15.4 Å². The lowest BCUT2D eigenvalue weighted by molar-refractivity contribution is -0.125. The number of hydrogen-bond acceptors (Lipinski definition) is 5. The predicted molar refractivity (Wildman–Crippen MR) is 79.7 cm³/mol. The van der Waals surface area contributed by atoms with Crippen molar-refractivity contribution in [3.63, 3.8) is 0 Å². The summed E-state index contributed by atoms with van der Waals surface area (Å²) >= 11 is 1.66. The Labute approximate surface area is 124 Å². The van der Waals surface area contributed by atoms with Gasteiger partial charge in [0.05, 0.1) is 25.7 Å². The largest absolute Gasteiger partial charge is 0.379 e. The smallest absolute Gasteiger partial charge is 0.227 e. The van der Waals surface area contributed by atoms with Gasteiger partial charge in [0, 0.05) is 17.1 Å². The van der Waals surface area contributed by atoms with Crippen LogP contribution in [0.5, 0.6) is 0 Å². The minimum atomic E-state index is -0.0906. The van der Waals surface area contributed by atoms with Gasteiger partial charge in [-0.3, -0.25) is 4.79 Å². The quantitative estimate of drug-likeness (QED) is 0.797. The SMILES string of the molecule is CCCNC1COCC1C(=O)NCc1ncc(CC)s1. The number of ether oxygens (including phenoxy) is 1. The molecule has 0 spiro atoms. The van der Waals surface area contributed by atoms with Crippen molar-refractivity contribution < 1.29 is 9.53 Å². The molecule has 0 radical (unpaired) electrons. The maximum atomic E-state index is 12.2. The Morgan fingerprint density at radius 3 is 3.05 bits per heavy atom. The molecule has 2 unspecified atom stereocenters. The van der Waals surface area contributed by atoms with Gasteiger partial charge in [-0.2, -0.15) is 0 Å². The van der Waals surface area contributed by atoms with Crippen LogP contribution in [0.25, 0.3) is 0 Å². The molecule has 20 heavy (non-hydrogen) atoms. The maximum Gasteiger partial charge on any atom is 0.227 e. The molecule has 1 fully saturated rings. The highest BCUT2D eigenvalue weighted by atomic mass is 32.1. The van der Waals surface area contributed by atoms with E-state index in [0.29, 0.717) is 19.8 Å². The number of aromatic nitrogens is 1. The molecule has 1 saturated heterocycles. The highest BCUT2D eigenvalue weighted by Crippen LogP contribution is 2.16. The van der Waals surface area contributed by atoms with Gasteiger partial charge in [0.15, 0.2) is 0 Å². The number of thiazole rings is 1. The molecule has 1 amide bonds. The molecule has 0 aliphatic carbocycles. The second kappa shape index (κ2) is 7.71. The zero-order chi connectivity index (χ0) is 14.4. The van der Waals surface area contributed by atoms with Crippen molar-refractivity contribution in [2.24, 2.45) is 5.92 Å². The van der Waals surface area contributed by atoms with E-state index in [9.17, 15) is 4.79 Å². The Morgan fingerprint density at radius 2 is 2.35 bits per heavy atom. The third kappa shape index (κ3) is 4.01. The van der Waals surface area contributed by atoms with Crippen LogP contribution in [0.2, 0.25) is 0 Å². The molecule has 1 aliphatic heterocycles. The lowest BCUT2D eigenvalue weighted by Gasteiger charge is -2.18. The molecule has 1 aromatic heterocycles. The number of aryl methyl sites for hydroxylation is 1. The van der Waals surface area contributed by atoms with Crippen molar-refractivity contribution >= 4 is 17.2 Å². The van der Waals surface area contributed by atoms with Crippen LogP contribution in [0.1, 0.15) is 30.2 Å². The van der Waals surface area contributed by atoms with E-state index >= 15 is 0 Å². The Hall–Kier alpha value is -0.980. The lowest BCUT2D eigenvalue weighted by atomic mass is 10.0. The fraction of sp³-hybridized carbons (Fsp3) is 0.714. The van der Waals surface area contributed by atoms with E-state index in [1.54, 1.807) is 11.3 Å². The zero-order valence-corrected chi connectivity index (χ0v) is 13.0. The number of nitrogens with zero attached hydrogens (tertiary/aromatic N) is 1. The van der Waals surface area contributed by atoms with E-state index in [1.807, 2.05) is 6.20 Å². The molecule has 112 valence electrons. The highest BCUT2D eigenvalue weighted by Gasteiger charge is 2.33. The van der Waals surface area contributed by atoms with Gasteiger partial charge in [-0.25, -0.2) is 4.98 Å². The van der Waals surface area contributed by atoms with Gasteiger partial charge >= 0.3 is 0 Å². The molecule has 2 N–H and O–H groups in total. The van der Waals surface area contributed by atoms with E-state index in [-0.39, 0.29) is 17.9 Å². The van der Waals surface area contributed by atoms with Crippen molar-refractivity contribution in [3.8, 4) is 0 Å². The summed E-state index contributed by atoms with van der Waals surface area (Å²) in [5, 5.41) is 7.31. The normalized spacial score (nSPS) is 22.1. The first-order valence-corrected chi connectivity index (χ1v) is 8.08. The molecule has 2 heterocycles.